The molecule has 0 amide bonds. The van der Waals surface area contributed by atoms with E-state index in [0.29, 0.717) is 0 Å². The van der Waals surface area contributed by atoms with Gasteiger partial charge in [-0.15, -0.1) is 0 Å². The topological polar surface area (TPSA) is 27.7 Å². The van der Waals surface area contributed by atoms with Crippen molar-refractivity contribution >= 4 is 27.5 Å². The SMILES string of the molecule is C[Si](Oc1ccccc1-c1ccccc1)(O[Si](C)(Oc1ccccc1-c1ccccc1)c1ccccc1)c1ccccc1. The van der Waals surface area contributed by atoms with Crippen LogP contribution in [0.15, 0.2) is 170 Å². The molecule has 0 heterocycles. The lowest BCUT2D eigenvalue weighted by atomic mass is 10.1. The van der Waals surface area contributed by atoms with Crippen LogP contribution < -0.4 is 19.2 Å². The fourth-order valence-electron chi connectivity index (χ4n) is 5.37. The second-order valence-corrected chi connectivity index (χ2v) is 16.8. The van der Waals surface area contributed by atoms with Gasteiger partial charge in [-0.05, 0) is 36.4 Å². The zero-order valence-corrected chi connectivity index (χ0v) is 26.4. The maximum absolute atomic E-state index is 7.42. The fourth-order valence-corrected chi connectivity index (χ4v) is 12.7. The molecule has 0 bridgehead atoms. The number of benzene rings is 6. The first-order valence-electron chi connectivity index (χ1n) is 14.5. The Bertz CT molecular complexity index is 1630. The zero-order valence-electron chi connectivity index (χ0n) is 24.4. The van der Waals surface area contributed by atoms with Crippen LogP contribution in [0.4, 0.5) is 0 Å². The smallest absolute Gasteiger partial charge is 0.422 e. The van der Waals surface area contributed by atoms with Crippen LogP contribution in [0.5, 0.6) is 11.5 Å². The lowest BCUT2D eigenvalue weighted by Crippen LogP contribution is -2.66. The Kier molecular flexibility index (Phi) is 8.38. The number of para-hydroxylation sites is 2. The van der Waals surface area contributed by atoms with Crippen LogP contribution in [0.3, 0.4) is 0 Å². The Balaban J connectivity index is 1.46. The van der Waals surface area contributed by atoms with Gasteiger partial charge in [-0.25, -0.2) is 0 Å². The van der Waals surface area contributed by atoms with Gasteiger partial charge >= 0.3 is 17.1 Å². The van der Waals surface area contributed by atoms with E-state index in [1.165, 1.54) is 0 Å². The van der Waals surface area contributed by atoms with E-state index in [-0.39, 0.29) is 0 Å². The average molecular weight is 595 g/mol. The Hall–Kier alpha value is -4.69. The van der Waals surface area contributed by atoms with Gasteiger partial charge in [0, 0.05) is 21.5 Å². The van der Waals surface area contributed by atoms with E-state index in [2.05, 4.69) is 73.8 Å². The summed E-state index contributed by atoms with van der Waals surface area (Å²) in [4.78, 5) is 0. The van der Waals surface area contributed by atoms with Crippen molar-refractivity contribution in [2.75, 3.05) is 0 Å². The highest BCUT2D eigenvalue weighted by molar-refractivity contribution is 6.93. The van der Waals surface area contributed by atoms with Crippen LogP contribution in [0.2, 0.25) is 13.1 Å². The van der Waals surface area contributed by atoms with E-state index in [0.717, 1.165) is 44.1 Å². The summed E-state index contributed by atoms with van der Waals surface area (Å²) in [5.41, 5.74) is 4.25. The molecule has 0 aliphatic carbocycles. The largest absolute Gasteiger partial charge is 0.517 e. The molecule has 0 spiro atoms. The summed E-state index contributed by atoms with van der Waals surface area (Å²) in [7, 11) is -6.33. The summed E-state index contributed by atoms with van der Waals surface area (Å²) in [6.45, 7) is 4.26. The quantitative estimate of drug-likeness (QED) is 0.149. The van der Waals surface area contributed by atoms with E-state index in [4.69, 9.17) is 13.0 Å². The predicted molar refractivity (Wildman–Crippen MR) is 181 cm³/mol. The predicted octanol–water partition coefficient (Wildman–Crippen LogP) is 8.45. The fraction of sp³-hybridized carbons (Fsp3) is 0.0526. The third kappa shape index (κ3) is 6.39. The van der Waals surface area contributed by atoms with E-state index in [1.54, 1.807) is 0 Å². The second-order valence-electron chi connectivity index (χ2n) is 10.7. The standard InChI is InChI=1S/C38H34O3Si2/c1-42(33-23-11-5-12-24-33,39-37-29-17-15-27-35(37)31-19-7-3-8-20-31)41-43(2,34-25-13-6-14-26-34)40-38-30-18-16-28-36(38)32-21-9-4-10-22-32/h3-30H,1-2H3. The molecule has 6 aromatic rings. The minimum absolute atomic E-state index is 0.792. The maximum atomic E-state index is 7.42. The van der Waals surface area contributed by atoms with E-state index >= 15 is 0 Å². The van der Waals surface area contributed by atoms with Crippen LogP contribution in [0.25, 0.3) is 22.3 Å². The number of hydrogen-bond acceptors (Lipinski definition) is 3. The summed E-state index contributed by atoms with van der Waals surface area (Å²) in [6.07, 6.45) is 0. The van der Waals surface area contributed by atoms with Crippen molar-refractivity contribution in [2.45, 2.75) is 13.1 Å². The molecule has 3 nitrogen and oxygen atoms in total. The normalized spacial score (nSPS) is 13.8. The Morgan fingerprint density at radius 2 is 0.651 bits per heavy atom. The molecular formula is C38H34O3Si2. The molecule has 6 rings (SSSR count). The van der Waals surface area contributed by atoms with Gasteiger partial charge in [0.15, 0.2) is 0 Å². The van der Waals surface area contributed by atoms with Gasteiger partial charge in [0.05, 0.1) is 0 Å². The molecule has 5 heteroatoms. The van der Waals surface area contributed by atoms with Gasteiger partial charge in [0.1, 0.15) is 11.5 Å². The second kappa shape index (κ2) is 12.7. The van der Waals surface area contributed by atoms with Gasteiger partial charge in [0.25, 0.3) is 0 Å². The zero-order chi connectivity index (χ0) is 29.5. The number of hydrogen-bond donors (Lipinski definition) is 0. The monoisotopic (exact) mass is 594 g/mol. The van der Waals surface area contributed by atoms with Crippen molar-refractivity contribution in [2.24, 2.45) is 0 Å². The molecule has 0 N–H and O–H groups in total. The summed E-state index contributed by atoms with van der Waals surface area (Å²) in [6, 6.07) is 57.7. The summed E-state index contributed by atoms with van der Waals surface area (Å²) in [5, 5.41) is 2.07. The first-order chi connectivity index (χ1) is 21.0. The molecule has 0 saturated heterocycles. The highest BCUT2D eigenvalue weighted by Crippen LogP contribution is 2.35. The van der Waals surface area contributed by atoms with Crippen LogP contribution in [-0.2, 0) is 4.12 Å². The third-order valence-electron chi connectivity index (χ3n) is 7.54. The third-order valence-corrected chi connectivity index (χ3v) is 14.6. The lowest BCUT2D eigenvalue weighted by molar-refractivity contribution is 0.347. The van der Waals surface area contributed by atoms with Gasteiger partial charge in [0.2, 0.25) is 0 Å². The molecule has 0 aromatic heterocycles. The molecule has 212 valence electrons. The molecule has 6 aromatic carbocycles. The van der Waals surface area contributed by atoms with Crippen molar-refractivity contribution in [1.82, 2.24) is 0 Å². The Labute approximate surface area is 256 Å². The van der Waals surface area contributed by atoms with Crippen LogP contribution in [0.1, 0.15) is 0 Å². The van der Waals surface area contributed by atoms with E-state index in [1.807, 2.05) is 109 Å². The minimum Gasteiger partial charge on any atom is -0.517 e. The molecule has 2 atom stereocenters. The van der Waals surface area contributed by atoms with Gasteiger partial charge in [-0.3, -0.25) is 0 Å². The highest BCUT2D eigenvalue weighted by Gasteiger charge is 2.49. The van der Waals surface area contributed by atoms with Crippen LogP contribution >= 0.6 is 0 Å². The van der Waals surface area contributed by atoms with Gasteiger partial charge < -0.3 is 13.0 Å². The maximum Gasteiger partial charge on any atom is 0.422 e. The molecule has 0 saturated carbocycles. The van der Waals surface area contributed by atoms with Crippen LogP contribution in [-0.4, -0.2) is 17.1 Å². The van der Waals surface area contributed by atoms with Crippen LogP contribution in [0, 0.1) is 0 Å². The Morgan fingerprint density at radius 3 is 1.02 bits per heavy atom. The minimum atomic E-state index is -3.16. The molecule has 0 aliphatic rings. The summed E-state index contributed by atoms with van der Waals surface area (Å²) in [5.74, 6) is 1.58. The molecule has 0 fully saturated rings. The summed E-state index contributed by atoms with van der Waals surface area (Å²) >= 11 is 0. The molecule has 2 unspecified atom stereocenters. The van der Waals surface area contributed by atoms with Crippen molar-refractivity contribution in [1.29, 1.82) is 0 Å². The lowest BCUT2D eigenvalue weighted by Gasteiger charge is -2.38. The van der Waals surface area contributed by atoms with Gasteiger partial charge in [-0.2, -0.15) is 0 Å². The summed E-state index contributed by atoms with van der Waals surface area (Å²) < 4.78 is 21.7. The van der Waals surface area contributed by atoms with Crippen molar-refractivity contribution in [3.63, 3.8) is 0 Å². The number of rotatable bonds is 10. The first-order valence-corrected chi connectivity index (χ1v) is 19.2. The molecule has 0 radical (unpaired) electrons. The molecular weight excluding hydrogens is 561 g/mol. The highest BCUT2D eigenvalue weighted by atomic mass is 28.5. The van der Waals surface area contributed by atoms with Crippen molar-refractivity contribution in [3.05, 3.63) is 170 Å². The van der Waals surface area contributed by atoms with E-state index < -0.39 is 17.1 Å². The Morgan fingerprint density at radius 1 is 0.349 bits per heavy atom. The molecule has 0 aliphatic heterocycles. The molecule has 43 heavy (non-hydrogen) atoms. The van der Waals surface area contributed by atoms with E-state index in [9.17, 15) is 0 Å². The van der Waals surface area contributed by atoms with Crippen molar-refractivity contribution < 1.29 is 13.0 Å². The van der Waals surface area contributed by atoms with Crippen molar-refractivity contribution in [3.8, 4) is 33.8 Å². The average Bonchev–Trinajstić information content (AvgIpc) is 3.07. The van der Waals surface area contributed by atoms with Gasteiger partial charge in [-0.1, -0.05) is 158 Å². The first kappa shape index (κ1) is 28.4.